The second-order valence-corrected chi connectivity index (χ2v) is 5.28. The van der Waals surface area contributed by atoms with Gasteiger partial charge in [0.2, 0.25) is 5.91 Å². The second-order valence-electron chi connectivity index (χ2n) is 5.28. The molecule has 0 unspecified atom stereocenters. The van der Waals surface area contributed by atoms with Gasteiger partial charge in [-0.1, -0.05) is 12.1 Å². The van der Waals surface area contributed by atoms with Crippen LogP contribution < -0.4 is 19.5 Å². The summed E-state index contributed by atoms with van der Waals surface area (Å²) in [5, 5.41) is 2.69. The Bertz CT molecular complexity index is 692. The van der Waals surface area contributed by atoms with Crippen molar-refractivity contribution in [2.45, 2.75) is 26.4 Å². The highest BCUT2D eigenvalue weighted by Crippen LogP contribution is 2.26. The highest BCUT2D eigenvalue weighted by Gasteiger charge is 2.07. The fourth-order valence-electron chi connectivity index (χ4n) is 2.20. The molecule has 0 aliphatic rings. The van der Waals surface area contributed by atoms with E-state index in [9.17, 15) is 13.6 Å². The molecule has 140 valence electrons. The van der Waals surface area contributed by atoms with Gasteiger partial charge in [-0.2, -0.15) is 8.78 Å². The molecule has 2 rings (SSSR count). The molecule has 0 heterocycles. The number of carbonyl (C=O) groups is 1. The van der Waals surface area contributed by atoms with Gasteiger partial charge in [-0.05, 0) is 49.7 Å². The lowest BCUT2D eigenvalue weighted by Crippen LogP contribution is -2.13. The van der Waals surface area contributed by atoms with Crippen molar-refractivity contribution in [2.24, 2.45) is 0 Å². The van der Waals surface area contributed by atoms with Gasteiger partial charge >= 0.3 is 6.61 Å². The molecular formula is C19H21F2NO4. The Morgan fingerprint density at radius 3 is 2.31 bits per heavy atom. The van der Waals surface area contributed by atoms with Crippen LogP contribution in [0.3, 0.4) is 0 Å². The summed E-state index contributed by atoms with van der Waals surface area (Å²) in [4.78, 5) is 11.9. The van der Waals surface area contributed by atoms with Crippen LogP contribution in [0.5, 0.6) is 17.2 Å². The molecule has 0 aliphatic heterocycles. The number of anilines is 1. The molecule has 0 aromatic heterocycles. The number of ether oxygens (including phenoxy) is 3. The molecule has 0 saturated heterocycles. The fourth-order valence-corrected chi connectivity index (χ4v) is 2.20. The van der Waals surface area contributed by atoms with Gasteiger partial charge in [0.05, 0.1) is 13.2 Å². The molecule has 0 fully saturated rings. The van der Waals surface area contributed by atoms with Crippen LogP contribution in [0.15, 0.2) is 48.5 Å². The van der Waals surface area contributed by atoms with Gasteiger partial charge in [-0.25, -0.2) is 0 Å². The average molecular weight is 365 g/mol. The molecule has 0 radical (unpaired) electrons. The minimum atomic E-state index is -2.87. The Hall–Kier alpha value is -2.83. The number of hydrogen-bond donors (Lipinski definition) is 1. The third-order valence-corrected chi connectivity index (χ3v) is 3.32. The summed E-state index contributed by atoms with van der Waals surface area (Å²) in [5.74, 6) is 1.17. The number of halogens is 2. The third-order valence-electron chi connectivity index (χ3n) is 3.32. The quantitative estimate of drug-likeness (QED) is 0.631. The average Bonchev–Trinajstić information content (AvgIpc) is 2.61. The SMILES string of the molecule is CCOc1ccccc1OCCCC(=O)Nc1ccc(OC(F)F)cc1. The Morgan fingerprint density at radius 1 is 1.04 bits per heavy atom. The van der Waals surface area contributed by atoms with Gasteiger partial charge in [0.15, 0.2) is 11.5 Å². The van der Waals surface area contributed by atoms with E-state index in [0.717, 1.165) is 0 Å². The van der Waals surface area contributed by atoms with Crippen molar-refractivity contribution in [1.29, 1.82) is 0 Å². The number of nitrogens with one attached hydrogen (secondary N) is 1. The maximum absolute atomic E-state index is 12.1. The van der Waals surface area contributed by atoms with Crippen molar-refractivity contribution < 1.29 is 27.8 Å². The van der Waals surface area contributed by atoms with Crippen LogP contribution in [0.25, 0.3) is 0 Å². The van der Waals surface area contributed by atoms with E-state index in [2.05, 4.69) is 10.1 Å². The molecule has 1 N–H and O–H groups in total. The Balaban J connectivity index is 1.72. The van der Waals surface area contributed by atoms with Gasteiger partial charge in [-0.15, -0.1) is 0 Å². The number of carbonyl (C=O) groups excluding carboxylic acids is 1. The van der Waals surface area contributed by atoms with E-state index in [1.54, 1.807) is 0 Å². The standard InChI is InChI=1S/C19H21F2NO4/c1-2-24-16-6-3-4-7-17(16)25-13-5-8-18(23)22-14-9-11-15(12-10-14)26-19(20)21/h3-4,6-7,9-12,19H,2,5,8,13H2,1H3,(H,22,23). The molecule has 2 aromatic carbocycles. The van der Waals surface area contributed by atoms with Gasteiger partial charge < -0.3 is 19.5 Å². The summed E-state index contributed by atoms with van der Waals surface area (Å²) in [6, 6.07) is 13.1. The number of amides is 1. The lowest BCUT2D eigenvalue weighted by atomic mass is 10.2. The van der Waals surface area contributed by atoms with Crippen LogP contribution >= 0.6 is 0 Å². The zero-order valence-electron chi connectivity index (χ0n) is 14.4. The van der Waals surface area contributed by atoms with Crippen molar-refractivity contribution in [3.05, 3.63) is 48.5 Å². The number of para-hydroxylation sites is 2. The molecule has 0 bridgehead atoms. The first-order valence-corrected chi connectivity index (χ1v) is 8.28. The first kappa shape index (κ1) is 19.5. The van der Waals surface area contributed by atoms with E-state index in [1.165, 1.54) is 24.3 Å². The van der Waals surface area contributed by atoms with Crippen LogP contribution in [0.1, 0.15) is 19.8 Å². The predicted molar refractivity (Wildman–Crippen MR) is 94.0 cm³/mol. The smallest absolute Gasteiger partial charge is 0.387 e. The van der Waals surface area contributed by atoms with Crippen LogP contribution in [-0.2, 0) is 4.79 Å². The normalized spacial score (nSPS) is 10.5. The summed E-state index contributed by atoms with van der Waals surface area (Å²) in [6.07, 6.45) is 0.797. The van der Waals surface area contributed by atoms with Crippen molar-refractivity contribution in [3.63, 3.8) is 0 Å². The van der Waals surface area contributed by atoms with Gasteiger partial charge in [0, 0.05) is 12.1 Å². The van der Waals surface area contributed by atoms with Crippen molar-refractivity contribution in [3.8, 4) is 17.2 Å². The first-order chi connectivity index (χ1) is 12.6. The molecule has 0 saturated carbocycles. The van der Waals surface area contributed by atoms with Crippen molar-refractivity contribution in [2.75, 3.05) is 18.5 Å². The van der Waals surface area contributed by atoms with Crippen LogP contribution in [0, 0.1) is 0 Å². The summed E-state index contributed by atoms with van der Waals surface area (Å²) in [5.41, 5.74) is 0.513. The topological polar surface area (TPSA) is 56.8 Å². The summed E-state index contributed by atoms with van der Waals surface area (Å²) in [7, 11) is 0. The second kappa shape index (κ2) is 10.2. The molecule has 1 amide bonds. The summed E-state index contributed by atoms with van der Waals surface area (Å²) in [6.45, 7) is -0.0566. The zero-order valence-corrected chi connectivity index (χ0v) is 14.4. The maximum Gasteiger partial charge on any atom is 0.387 e. The van der Waals surface area contributed by atoms with E-state index in [0.29, 0.717) is 36.8 Å². The molecule has 0 spiro atoms. The molecule has 2 aromatic rings. The van der Waals surface area contributed by atoms with Crippen LogP contribution in [-0.4, -0.2) is 25.7 Å². The van der Waals surface area contributed by atoms with Crippen molar-refractivity contribution in [1.82, 2.24) is 0 Å². The number of alkyl halides is 2. The van der Waals surface area contributed by atoms with Crippen molar-refractivity contribution >= 4 is 11.6 Å². The third kappa shape index (κ3) is 6.58. The van der Waals surface area contributed by atoms with E-state index in [1.807, 2.05) is 31.2 Å². The summed E-state index contributed by atoms with van der Waals surface area (Å²) < 4.78 is 39.5. The maximum atomic E-state index is 12.1. The number of hydrogen-bond acceptors (Lipinski definition) is 4. The monoisotopic (exact) mass is 365 g/mol. The number of benzene rings is 2. The molecule has 7 heteroatoms. The molecule has 5 nitrogen and oxygen atoms in total. The molecular weight excluding hydrogens is 344 g/mol. The Kier molecular flexibility index (Phi) is 7.67. The highest BCUT2D eigenvalue weighted by molar-refractivity contribution is 5.90. The van der Waals surface area contributed by atoms with E-state index < -0.39 is 6.61 Å². The van der Waals surface area contributed by atoms with Crippen LogP contribution in [0.2, 0.25) is 0 Å². The zero-order chi connectivity index (χ0) is 18.8. The minimum absolute atomic E-state index is 0.0411. The first-order valence-electron chi connectivity index (χ1n) is 8.28. The van der Waals surface area contributed by atoms with Gasteiger partial charge in [0.1, 0.15) is 5.75 Å². The minimum Gasteiger partial charge on any atom is -0.490 e. The predicted octanol–water partition coefficient (Wildman–Crippen LogP) is 4.48. The van der Waals surface area contributed by atoms with E-state index in [-0.39, 0.29) is 18.1 Å². The Labute approximate surface area is 150 Å². The lowest BCUT2D eigenvalue weighted by molar-refractivity contribution is -0.116. The molecule has 0 atom stereocenters. The molecule has 26 heavy (non-hydrogen) atoms. The van der Waals surface area contributed by atoms with Crippen LogP contribution in [0.4, 0.5) is 14.5 Å². The fraction of sp³-hybridized carbons (Fsp3) is 0.316. The lowest BCUT2D eigenvalue weighted by Gasteiger charge is -2.11. The largest absolute Gasteiger partial charge is 0.490 e. The van der Waals surface area contributed by atoms with Gasteiger partial charge in [-0.3, -0.25) is 4.79 Å². The van der Waals surface area contributed by atoms with Gasteiger partial charge in [0.25, 0.3) is 0 Å². The summed E-state index contributed by atoms with van der Waals surface area (Å²) >= 11 is 0. The van der Waals surface area contributed by atoms with E-state index >= 15 is 0 Å². The molecule has 0 aliphatic carbocycles. The highest BCUT2D eigenvalue weighted by atomic mass is 19.3. The Morgan fingerprint density at radius 2 is 1.69 bits per heavy atom. The number of rotatable bonds is 10. The van der Waals surface area contributed by atoms with E-state index in [4.69, 9.17) is 9.47 Å².